The summed E-state index contributed by atoms with van der Waals surface area (Å²) in [6.07, 6.45) is 1.64. The number of nitrogen functional groups attached to an aromatic ring is 1. The predicted molar refractivity (Wildman–Crippen MR) is 68.2 cm³/mol. The SMILES string of the molecule is Nc1nc2cccnc2n1-c1ccc(F)cc1Cl. The van der Waals surface area contributed by atoms with Crippen LogP contribution in [0.25, 0.3) is 16.9 Å². The van der Waals surface area contributed by atoms with Crippen molar-refractivity contribution in [1.29, 1.82) is 0 Å². The number of aromatic nitrogens is 3. The summed E-state index contributed by atoms with van der Waals surface area (Å²) < 4.78 is 14.6. The van der Waals surface area contributed by atoms with Crippen LogP contribution in [0.2, 0.25) is 5.02 Å². The lowest BCUT2D eigenvalue weighted by molar-refractivity contribution is 0.627. The molecule has 0 aliphatic heterocycles. The molecule has 0 spiro atoms. The molecule has 3 rings (SSSR count). The Morgan fingerprint density at radius 1 is 1.28 bits per heavy atom. The van der Waals surface area contributed by atoms with Gasteiger partial charge in [0.25, 0.3) is 0 Å². The van der Waals surface area contributed by atoms with Crippen LogP contribution in [0, 0.1) is 5.82 Å². The first-order valence-corrected chi connectivity index (χ1v) is 5.59. The highest BCUT2D eigenvalue weighted by molar-refractivity contribution is 6.32. The standard InChI is InChI=1S/C12H8ClFN4/c13-8-6-7(14)3-4-10(8)18-11-9(17-12(18)15)2-1-5-16-11/h1-6H,(H2,15,17). The summed E-state index contributed by atoms with van der Waals surface area (Å²) >= 11 is 6.02. The fraction of sp³-hybridized carbons (Fsp3) is 0. The molecule has 0 fully saturated rings. The number of imidazole rings is 1. The molecule has 90 valence electrons. The van der Waals surface area contributed by atoms with Crippen LogP contribution in [0.4, 0.5) is 10.3 Å². The molecule has 0 amide bonds. The minimum atomic E-state index is -0.403. The van der Waals surface area contributed by atoms with Gasteiger partial charge in [0.2, 0.25) is 5.95 Å². The summed E-state index contributed by atoms with van der Waals surface area (Å²) in [6, 6.07) is 7.66. The van der Waals surface area contributed by atoms with Gasteiger partial charge < -0.3 is 5.73 Å². The molecule has 18 heavy (non-hydrogen) atoms. The van der Waals surface area contributed by atoms with Gasteiger partial charge in [-0.3, -0.25) is 4.57 Å². The zero-order valence-electron chi connectivity index (χ0n) is 9.14. The average molecular weight is 263 g/mol. The van der Waals surface area contributed by atoms with E-state index in [0.717, 1.165) is 0 Å². The molecule has 2 aromatic heterocycles. The van der Waals surface area contributed by atoms with E-state index >= 15 is 0 Å². The number of hydrogen-bond acceptors (Lipinski definition) is 3. The van der Waals surface area contributed by atoms with Crippen molar-refractivity contribution >= 4 is 28.7 Å². The number of fused-ring (bicyclic) bond motifs is 1. The van der Waals surface area contributed by atoms with Gasteiger partial charge in [-0.05, 0) is 30.3 Å². The number of anilines is 1. The monoisotopic (exact) mass is 262 g/mol. The van der Waals surface area contributed by atoms with Crippen LogP contribution < -0.4 is 5.73 Å². The topological polar surface area (TPSA) is 56.7 Å². The Hall–Kier alpha value is -2.14. The van der Waals surface area contributed by atoms with Crippen LogP contribution in [0.1, 0.15) is 0 Å². The lowest BCUT2D eigenvalue weighted by Gasteiger charge is -2.07. The van der Waals surface area contributed by atoms with Crippen LogP contribution in [0.15, 0.2) is 36.5 Å². The molecule has 0 radical (unpaired) electrons. The van der Waals surface area contributed by atoms with Crippen molar-refractivity contribution in [3.63, 3.8) is 0 Å². The Morgan fingerprint density at radius 2 is 2.11 bits per heavy atom. The zero-order chi connectivity index (χ0) is 12.7. The first-order valence-electron chi connectivity index (χ1n) is 5.21. The fourth-order valence-electron chi connectivity index (χ4n) is 1.83. The quantitative estimate of drug-likeness (QED) is 0.734. The Kier molecular flexibility index (Phi) is 2.41. The summed E-state index contributed by atoms with van der Waals surface area (Å²) in [4.78, 5) is 8.39. The second kappa shape index (κ2) is 3.96. The van der Waals surface area contributed by atoms with Crippen LogP contribution >= 0.6 is 11.6 Å². The number of benzene rings is 1. The van der Waals surface area contributed by atoms with Gasteiger partial charge in [-0.1, -0.05) is 11.6 Å². The van der Waals surface area contributed by atoms with Crippen LogP contribution in [0.3, 0.4) is 0 Å². The lowest BCUT2D eigenvalue weighted by Crippen LogP contribution is -2.02. The average Bonchev–Trinajstić information content (AvgIpc) is 2.66. The van der Waals surface area contributed by atoms with Crippen LogP contribution in [0.5, 0.6) is 0 Å². The van der Waals surface area contributed by atoms with Gasteiger partial charge in [0, 0.05) is 6.20 Å². The van der Waals surface area contributed by atoms with E-state index in [-0.39, 0.29) is 11.0 Å². The third-order valence-corrected chi connectivity index (χ3v) is 2.90. The maximum atomic E-state index is 13.0. The molecule has 2 N–H and O–H groups in total. The van der Waals surface area contributed by atoms with E-state index < -0.39 is 5.82 Å². The maximum absolute atomic E-state index is 13.0. The van der Waals surface area contributed by atoms with Gasteiger partial charge in [0.05, 0.1) is 10.7 Å². The molecule has 0 aliphatic carbocycles. The molecular formula is C12H8ClFN4. The predicted octanol–water partition coefficient (Wildman–Crippen LogP) is 2.80. The summed E-state index contributed by atoms with van der Waals surface area (Å²) in [7, 11) is 0. The summed E-state index contributed by atoms with van der Waals surface area (Å²) in [5.41, 5.74) is 7.65. The van der Waals surface area contributed by atoms with Gasteiger partial charge in [-0.15, -0.1) is 0 Å². The van der Waals surface area contributed by atoms with Gasteiger partial charge in [0.1, 0.15) is 11.3 Å². The van der Waals surface area contributed by atoms with Crippen molar-refractivity contribution in [1.82, 2.24) is 14.5 Å². The number of halogens is 2. The van der Waals surface area contributed by atoms with Gasteiger partial charge in [0.15, 0.2) is 5.65 Å². The van der Waals surface area contributed by atoms with E-state index in [1.165, 1.54) is 12.1 Å². The highest BCUT2D eigenvalue weighted by Gasteiger charge is 2.13. The van der Waals surface area contributed by atoms with Gasteiger partial charge >= 0.3 is 0 Å². The minimum Gasteiger partial charge on any atom is -0.369 e. The minimum absolute atomic E-state index is 0.256. The Bertz CT molecular complexity index is 738. The molecule has 0 bridgehead atoms. The third kappa shape index (κ3) is 1.60. The second-order valence-corrected chi connectivity index (χ2v) is 4.15. The molecule has 0 atom stereocenters. The smallest absolute Gasteiger partial charge is 0.207 e. The molecular weight excluding hydrogens is 255 g/mol. The van der Waals surface area contributed by atoms with Crippen molar-refractivity contribution in [2.45, 2.75) is 0 Å². The molecule has 6 heteroatoms. The molecule has 3 aromatic rings. The lowest BCUT2D eigenvalue weighted by atomic mass is 10.3. The maximum Gasteiger partial charge on any atom is 0.207 e. The van der Waals surface area contributed by atoms with E-state index in [2.05, 4.69) is 9.97 Å². The second-order valence-electron chi connectivity index (χ2n) is 3.75. The number of hydrogen-bond donors (Lipinski definition) is 1. The van der Waals surface area contributed by atoms with Gasteiger partial charge in [-0.25, -0.2) is 14.4 Å². The normalized spacial score (nSPS) is 11.0. The number of nitrogens with zero attached hydrogens (tertiary/aromatic N) is 3. The Labute approximate surface area is 107 Å². The van der Waals surface area contributed by atoms with Crippen molar-refractivity contribution in [2.24, 2.45) is 0 Å². The van der Waals surface area contributed by atoms with Gasteiger partial charge in [-0.2, -0.15) is 0 Å². The molecule has 1 aromatic carbocycles. The summed E-state index contributed by atoms with van der Waals surface area (Å²) in [5.74, 6) is -0.142. The Balaban J connectivity index is 2.34. The highest BCUT2D eigenvalue weighted by atomic mass is 35.5. The largest absolute Gasteiger partial charge is 0.369 e. The summed E-state index contributed by atoms with van der Waals surface area (Å²) in [6.45, 7) is 0. The first-order chi connectivity index (χ1) is 8.66. The van der Waals surface area contributed by atoms with E-state index in [1.807, 2.05) is 0 Å². The van der Waals surface area contributed by atoms with Crippen LogP contribution in [-0.4, -0.2) is 14.5 Å². The molecule has 0 aliphatic rings. The van der Waals surface area contributed by atoms with Crippen molar-refractivity contribution in [3.8, 4) is 5.69 Å². The van der Waals surface area contributed by atoms with Crippen molar-refractivity contribution < 1.29 is 4.39 Å². The van der Waals surface area contributed by atoms with E-state index in [9.17, 15) is 4.39 Å². The fourth-order valence-corrected chi connectivity index (χ4v) is 2.08. The zero-order valence-corrected chi connectivity index (χ0v) is 9.89. The third-order valence-electron chi connectivity index (χ3n) is 2.59. The molecule has 4 nitrogen and oxygen atoms in total. The number of nitrogens with two attached hydrogens (primary N) is 1. The van der Waals surface area contributed by atoms with E-state index in [4.69, 9.17) is 17.3 Å². The number of rotatable bonds is 1. The van der Waals surface area contributed by atoms with Crippen LogP contribution in [-0.2, 0) is 0 Å². The molecule has 2 heterocycles. The summed E-state index contributed by atoms with van der Waals surface area (Å²) in [5, 5.41) is 0.256. The molecule has 0 saturated carbocycles. The van der Waals surface area contributed by atoms with E-state index in [1.54, 1.807) is 29.0 Å². The van der Waals surface area contributed by atoms with Crippen molar-refractivity contribution in [3.05, 3.63) is 47.4 Å². The number of pyridine rings is 1. The Morgan fingerprint density at radius 3 is 2.89 bits per heavy atom. The van der Waals surface area contributed by atoms with E-state index in [0.29, 0.717) is 16.9 Å². The first kappa shape index (κ1) is 11.0. The molecule has 0 unspecified atom stereocenters. The molecule has 0 saturated heterocycles. The van der Waals surface area contributed by atoms with Crippen molar-refractivity contribution in [2.75, 3.05) is 5.73 Å². The highest BCUT2D eigenvalue weighted by Crippen LogP contribution is 2.27.